The second kappa shape index (κ2) is 3.38. The maximum absolute atomic E-state index is 11.8. The summed E-state index contributed by atoms with van der Waals surface area (Å²) in [6.07, 6.45) is -0.769. The number of nitrogens with zero attached hydrogens (tertiary/aromatic N) is 1. The number of aliphatic hydroxyl groups excluding tert-OH is 1. The van der Waals surface area contributed by atoms with Gasteiger partial charge in [-0.2, -0.15) is 0 Å². The van der Waals surface area contributed by atoms with Crippen LogP contribution in [0.5, 0.6) is 0 Å². The standard InChI is InChI=1S/C11H15NO4/c1-4-8-7(5(2)13)11(16)12(8)9(6(3)14)10(4)15/h4-5,7-9,13H,1-3H3/t4-,5-,7-,8-,9?/m1/s1. The summed E-state index contributed by atoms with van der Waals surface area (Å²) in [6, 6.07) is -1.21. The Bertz CT molecular complexity index is 376. The molecule has 16 heavy (non-hydrogen) atoms. The Kier molecular flexibility index (Phi) is 2.38. The molecule has 2 fully saturated rings. The Morgan fingerprint density at radius 2 is 2.00 bits per heavy atom. The summed E-state index contributed by atoms with van der Waals surface area (Å²) in [7, 11) is 0. The van der Waals surface area contributed by atoms with Crippen LogP contribution in [0.1, 0.15) is 20.8 Å². The van der Waals surface area contributed by atoms with Gasteiger partial charge in [-0.1, -0.05) is 6.92 Å². The predicted molar refractivity (Wildman–Crippen MR) is 54.4 cm³/mol. The molecule has 1 N–H and O–H groups in total. The first-order valence-corrected chi connectivity index (χ1v) is 5.42. The molecule has 0 bridgehead atoms. The Hall–Kier alpha value is -1.23. The lowest BCUT2D eigenvalue weighted by atomic mass is 9.79. The molecule has 0 aromatic heterocycles. The third-order valence-corrected chi connectivity index (χ3v) is 3.64. The van der Waals surface area contributed by atoms with Crippen molar-refractivity contribution >= 4 is 17.5 Å². The van der Waals surface area contributed by atoms with Gasteiger partial charge in [-0.3, -0.25) is 14.4 Å². The van der Waals surface area contributed by atoms with Crippen LogP contribution in [0, 0.1) is 11.8 Å². The molecule has 0 aromatic carbocycles. The van der Waals surface area contributed by atoms with E-state index >= 15 is 0 Å². The average Bonchev–Trinajstić information content (AvgIpc) is 2.38. The number of hydrogen-bond acceptors (Lipinski definition) is 4. The van der Waals surface area contributed by atoms with Crippen molar-refractivity contribution in [2.45, 2.75) is 39.0 Å². The summed E-state index contributed by atoms with van der Waals surface area (Å²) < 4.78 is 0. The zero-order valence-electron chi connectivity index (χ0n) is 9.51. The molecular formula is C11H15NO4. The molecular weight excluding hydrogens is 210 g/mol. The maximum Gasteiger partial charge on any atom is 0.231 e. The van der Waals surface area contributed by atoms with Crippen molar-refractivity contribution in [3.8, 4) is 0 Å². The van der Waals surface area contributed by atoms with Crippen molar-refractivity contribution < 1.29 is 19.5 Å². The van der Waals surface area contributed by atoms with E-state index in [-0.39, 0.29) is 29.4 Å². The molecule has 5 heteroatoms. The van der Waals surface area contributed by atoms with Gasteiger partial charge >= 0.3 is 0 Å². The van der Waals surface area contributed by atoms with Gasteiger partial charge in [0, 0.05) is 5.92 Å². The second-order valence-electron chi connectivity index (χ2n) is 4.71. The van der Waals surface area contributed by atoms with Crippen LogP contribution in [0.15, 0.2) is 0 Å². The molecule has 2 aliphatic rings. The largest absolute Gasteiger partial charge is 0.393 e. The highest BCUT2D eigenvalue weighted by Crippen LogP contribution is 2.42. The fourth-order valence-electron chi connectivity index (χ4n) is 2.85. The predicted octanol–water partition coefficient (Wildman–Crippen LogP) is -0.629. The van der Waals surface area contributed by atoms with Gasteiger partial charge in [0.15, 0.2) is 11.6 Å². The van der Waals surface area contributed by atoms with Crippen LogP contribution in [0.2, 0.25) is 0 Å². The molecule has 0 aromatic rings. The van der Waals surface area contributed by atoms with Gasteiger partial charge in [-0.15, -0.1) is 0 Å². The number of hydrogen-bond donors (Lipinski definition) is 1. The first-order valence-electron chi connectivity index (χ1n) is 5.42. The van der Waals surface area contributed by atoms with E-state index in [0.717, 1.165) is 0 Å². The minimum Gasteiger partial charge on any atom is -0.393 e. The van der Waals surface area contributed by atoms with Gasteiger partial charge < -0.3 is 10.0 Å². The third kappa shape index (κ3) is 1.18. The number of rotatable bonds is 2. The van der Waals surface area contributed by atoms with Gasteiger partial charge in [0.2, 0.25) is 5.91 Å². The SMILES string of the molecule is CC(=O)C1C(=O)[C@H](C)[C@@H]2[C@@H]([C@@H](C)O)C(=O)N12. The first-order chi connectivity index (χ1) is 7.37. The second-order valence-corrected chi connectivity index (χ2v) is 4.71. The molecule has 5 nitrogen and oxygen atoms in total. The average molecular weight is 225 g/mol. The number of amides is 1. The van der Waals surface area contributed by atoms with Gasteiger partial charge in [0.1, 0.15) is 6.04 Å². The van der Waals surface area contributed by atoms with Crippen LogP contribution in [-0.4, -0.2) is 45.7 Å². The highest BCUT2D eigenvalue weighted by Gasteiger charge is 2.63. The van der Waals surface area contributed by atoms with Crippen molar-refractivity contribution in [1.82, 2.24) is 4.90 Å². The molecule has 5 atom stereocenters. The lowest BCUT2D eigenvalue weighted by molar-refractivity contribution is -0.167. The van der Waals surface area contributed by atoms with Gasteiger partial charge in [-0.25, -0.2) is 0 Å². The molecule has 2 rings (SSSR count). The molecule has 0 aliphatic carbocycles. The Morgan fingerprint density at radius 3 is 2.44 bits per heavy atom. The third-order valence-electron chi connectivity index (χ3n) is 3.64. The molecule has 88 valence electrons. The minimum absolute atomic E-state index is 0.200. The number of aliphatic hydroxyl groups is 1. The van der Waals surface area contributed by atoms with Crippen molar-refractivity contribution in [3.63, 3.8) is 0 Å². The van der Waals surface area contributed by atoms with Gasteiger partial charge in [0.25, 0.3) is 0 Å². The molecule has 1 amide bonds. The van der Waals surface area contributed by atoms with Crippen molar-refractivity contribution in [3.05, 3.63) is 0 Å². The van der Waals surface area contributed by atoms with Crippen LogP contribution >= 0.6 is 0 Å². The maximum atomic E-state index is 11.8. The van der Waals surface area contributed by atoms with Gasteiger partial charge in [0.05, 0.1) is 18.1 Å². The van der Waals surface area contributed by atoms with Crippen LogP contribution in [0.3, 0.4) is 0 Å². The number of Topliss-reactive ketones (excluding diaryl/α,β-unsaturated/α-hetero) is 2. The van der Waals surface area contributed by atoms with E-state index in [1.165, 1.54) is 18.7 Å². The van der Waals surface area contributed by atoms with Crippen molar-refractivity contribution in [2.75, 3.05) is 0 Å². The quantitative estimate of drug-likeness (QED) is 0.501. The number of fused-ring (bicyclic) bond motifs is 1. The summed E-state index contributed by atoms with van der Waals surface area (Å²) in [4.78, 5) is 36.3. The van der Waals surface area contributed by atoms with Crippen LogP contribution in [0.25, 0.3) is 0 Å². The topological polar surface area (TPSA) is 74.7 Å². The summed E-state index contributed by atoms with van der Waals surface area (Å²) in [5.74, 6) is -1.65. The van der Waals surface area contributed by atoms with E-state index in [1.54, 1.807) is 6.92 Å². The minimum atomic E-state index is -0.914. The van der Waals surface area contributed by atoms with Crippen LogP contribution in [-0.2, 0) is 14.4 Å². The molecule has 2 heterocycles. The van der Waals surface area contributed by atoms with Crippen molar-refractivity contribution in [1.29, 1.82) is 0 Å². The van der Waals surface area contributed by atoms with E-state index in [4.69, 9.17) is 0 Å². The molecule has 2 saturated heterocycles. The van der Waals surface area contributed by atoms with Gasteiger partial charge in [-0.05, 0) is 13.8 Å². The van der Waals surface area contributed by atoms with Crippen molar-refractivity contribution in [2.24, 2.45) is 11.8 Å². The molecule has 0 spiro atoms. The smallest absolute Gasteiger partial charge is 0.231 e. The lowest BCUT2D eigenvalue weighted by Gasteiger charge is -2.46. The normalized spacial score (nSPS) is 39.4. The monoisotopic (exact) mass is 225 g/mol. The van der Waals surface area contributed by atoms with Crippen LogP contribution < -0.4 is 0 Å². The summed E-state index contributed by atoms with van der Waals surface area (Å²) >= 11 is 0. The lowest BCUT2D eigenvalue weighted by Crippen LogP contribution is -2.65. The van der Waals surface area contributed by atoms with E-state index in [1.807, 2.05) is 0 Å². The number of β-lactam (4-membered cyclic amide) rings is 1. The van der Waals surface area contributed by atoms with E-state index in [0.29, 0.717) is 0 Å². The molecule has 1 unspecified atom stereocenters. The Labute approximate surface area is 93.4 Å². The Morgan fingerprint density at radius 1 is 1.44 bits per heavy atom. The zero-order valence-corrected chi connectivity index (χ0v) is 9.51. The fourth-order valence-corrected chi connectivity index (χ4v) is 2.85. The van der Waals surface area contributed by atoms with E-state index in [2.05, 4.69) is 0 Å². The Balaban J connectivity index is 2.32. The number of carbonyl (C=O) groups is 3. The van der Waals surface area contributed by atoms with E-state index < -0.39 is 18.1 Å². The highest BCUT2D eigenvalue weighted by atomic mass is 16.3. The highest BCUT2D eigenvalue weighted by molar-refractivity contribution is 6.13. The molecule has 0 radical (unpaired) electrons. The fraction of sp³-hybridized carbons (Fsp3) is 0.727. The number of ketones is 2. The zero-order chi connectivity index (χ0) is 12.2. The summed E-state index contributed by atoms with van der Waals surface area (Å²) in [6.45, 7) is 4.57. The molecule has 0 saturated carbocycles. The van der Waals surface area contributed by atoms with Crippen LogP contribution in [0.4, 0.5) is 0 Å². The number of carbonyl (C=O) groups excluding carboxylic acids is 3. The van der Waals surface area contributed by atoms with E-state index in [9.17, 15) is 19.5 Å². The summed E-state index contributed by atoms with van der Waals surface area (Å²) in [5, 5.41) is 9.47. The molecule has 2 aliphatic heterocycles. The summed E-state index contributed by atoms with van der Waals surface area (Å²) in [5.41, 5.74) is 0. The first kappa shape index (κ1) is 11.3.